The van der Waals surface area contributed by atoms with Crippen molar-refractivity contribution in [3.8, 4) is 0 Å². The summed E-state index contributed by atoms with van der Waals surface area (Å²) < 4.78 is 0.926. The molecule has 1 fully saturated rings. The van der Waals surface area contributed by atoms with E-state index in [2.05, 4.69) is 21.2 Å². The van der Waals surface area contributed by atoms with Crippen LogP contribution in [0.4, 0.5) is 10.5 Å². The van der Waals surface area contributed by atoms with Gasteiger partial charge in [0.25, 0.3) is 0 Å². The van der Waals surface area contributed by atoms with Crippen LogP contribution in [-0.4, -0.2) is 35.2 Å². The molecule has 17 heavy (non-hydrogen) atoms. The fraction of sp³-hybridized carbons (Fsp3) is 0.417. The molecule has 2 rings (SSSR count). The number of carbonyl (C=O) groups is 1. The van der Waals surface area contributed by atoms with E-state index in [-0.39, 0.29) is 18.7 Å². The summed E-state index contributed by atoms with van der Waals surface area (Å²) in [5.41, 5.74) is 0.757. The minimum Gasteiger partial charge on any atom is -0.394 e. The van der Waals surface area contributed by atoms with Crippen molar-refractivity contribution < 1.29 is 9.90 Å². The van der Waals surface area contributed by atoms with Crippen LogP contribution in [0.3, 0.4) is 0 Å². The van der Waals surface area contributed by atoms with Crippen molar-refractivity contribution in [3.05, 3.63) is 28.7 Å². The SMILES string of the molecule is O=C(Nc1cccc(Br)c1)N1CCC[C@H]1CO. The maximum atomic E-state index is 12.0. The molecule has 1 heterocycles. The van der Waals surface area contributed by atoms with E-state index in [1.165, 1.54) is 0 Å². The third-order valence-corrected chi connectivity index (χ3v) is 3.42. The third kappa shape index (κ3) is 2.98. The summed E-state index contributed by atoms with van der Waals surface area (Å²) in [6.45, 7) is 0.747. The fourth-order valence-corrected chi connectivity index (χ4v) is 2.45. The van der Waals surface area contributed by atoms with Crippen LogP contribution < -0.4 is 5.32 Å². The van der Waals surface area contributed by atoms with E-state index >= 15 is 0 Å². The van der Waals surface area contributed by atoms with Gasteiger partial charge < -0.3 is 15.3 Å². The topological polar surface area (TPSA) is 52.6 Å². The van der Waals surface area contributed by atoms with Gasteiger partial charge in [-0.3, -0.25) is 0 Å². The molecule has 1 aromatic carbocycles. The molecule has 92 valence electrons. The maximum Gasteiger partial charge on any atom is 0.322 e. The lowest BCUT2D eigenvalue weighted by Crippen LogP contribution is -2.40. The first-order valence-corrected chi connectivity index (χ1v) is 6.44. The molecule has 1 aliphatic rings. The summed E-state index contributed by atoms with van der Waals surface area (Å²) in [6.07, 6.45) is 1.83. The predicted octanol–water partition coefficient (Wildman–Crippen LogP) is 2.44. The minimum absolute atomic E-state index is 0.0336. The first kappa shape index (κ1) is 12.4. The van der Waals surface area contributed by atoms with Crippen LogP contribution in [0.15, 0.2) is 28.7 Å². The molecule has 0 spiro atoms. The Hall–Kier alpha value is -1.07. The van der Waals surface area contributed by atoms with Crippen molar-refractivity contribution in [2.75, 3.05) is 18.5 Å². The molecular formula is C12H15BrN2O2. The Morgan fingerprint density at radius 2 is 2.41 bits per heavy atom. The van der Waals surface area contributed by atoms with Gasteiger partial charge in [0.05, 0.1) is 12.6 Å². The number of amides is 2. The number of carbonyl (C=O) groups excluding carboxylic acids is 1. The quantitative estimate of drug-likeness (QED) is 0.881. The van der Waals surface area contributed by atoms with Gasteiger partial charge >= 0.3 is 6.03 Å². The predicted molar refractivity (Wildman–Crippen MR) is 70.0 cm³/mol. The lowest BCUT2D eigenvalue weighted by Gasteiger charge is -2.23. The van der Waals surface area contributed by atoms with Gasteiger partial charge in [0.15, 0.2) is 0 Å². The molecule has 0 radical (unpaired) electrons. The zero-order valence-corrected chi connectivity index (χ0v) is 11.0. The number of aliphatic hydroxyl groups excluding tert-OH is 1. The molecule has 1 aromatic rings. The van der Waals surface area contributed by atoms with E-state index in [4.69, 9.17) is 5.11 Å². The number of rotatable bonds is 2. The van der Waals surface area contributed by atoms with Gasteiger partial charge in [-0.15, -0.1) is 0 Å². The Labute approximate surface area is 109 Å². The molecule has 0 bridgehead atoms. The van der Waals surface area contributed by atoms with Crippen LogP contribution in [0.1, 0.15) is 12.8 Å². The number of halogens is 1. The number of anilines is 1. The van der Waals surface area contributed by atoms with Gasteiger partial charge in [-0.1, -0.05) is 22.0 Å². The Kier molecular flexibility index (Phi) is 4.02. The fourth-order valence-electron chi connectivity index (χ4n) is 2.05. The highest BCUT2D eigenvalue weighted by molar-refractivity contribution is 9.10. The van der Waals surface area contributed by atoms with Gasteiger partial charge in [-0.05, 0) is 31.0 Å². The van der Waals surface area contributed by atoms with Crippen LogP contribution in [0.5, 0.6) is 0 Å². The highest BCUT2D eigenvalue weighted by Gasteiger charge is 2.27. The van der Waals surface area contributed by atoms with Crippen molar-refractivity contribution in [1.29, 1.82) is 0 Å². The molecule has 1 aliphatic heterocycles. The lowest BCUT2D eigenvalue weighted by atomic mass is 10.2. The number of nitrogens with zero attached hydrogens (tertiary/aromatic N) is 1. The summed E-state index contributed by atoms with van der Waals surface area (Å²) >= 11 is 3.36. The molecule has 5 heteroatoms. The number of urea groups is 1. The summed E-state index contributed by atoms with van der Waals surface area (Å²) in [7, 11) is 0. The van der Waals surface area contributed by atoms with Crippen molar-refractivity contribution in [2.45, 2.75) is 18.9 Å². The summed E-state index contributed by atoms with van der Waals surface area (Å²) in [4.78, 5) is 13.7. The number of nitrogens with one attached hydrogen (secondary N) is 1. The molecule has 0 unspecified atom stereocenters. The van der Waals surface area contributed by atoms with Crippen LogP contribution >= 0.6 is 15.9 Å². The first-order chi connectivity index (χ1) is 8.20. The average Bonchev–Trinajstić information content (AvgIpc) is 2.77. The Balaban J connectivity index is 2.01. The van der Waals surface area contributed by atoms with Gasteiger partial charge in [0.2, 0.25) is 0 Å². The van der Waals surface area contributed by atoms with Crippen molar-refractivity contribution in [3.63, 3.8) is 0 Å². The van der Waals surface area contributed by atoms with Gasteiger partial charge in [-0.2, -0.15) is 0 Å². The average molecular weight is 299 g/mol. The van der Waals surface area contributed by atoms with E-state index in [0.717, 1.165) is 23.0 Å². The smallest absolute Gasteiger partial charge is 0.322 e. The normalized spacial score (nSPS) is 19.4. The number of likely N-dealkylation sites (tertiary alicyclic amines) is 1. The maximum absolute atomic E-state index is 12.0. The van der Waals surface area contributed by atoms with E-state index in [0.29, 0.717) is 6.54 Å². The molecule has 2 N–H and O–H groups in total. The number of benzene rings is 1. The summed E-state index contributed by atoms with van der Waals surface area (Å²) in [5, 5.41) is 12.0. The molecule has 0 saturated carbocycles. The standard InChI is InChI=1S/C12H15BrN2O2/c13-9-3-1-4-10(7-9)14-12(17)15-6-2-5-11(15)8-16/h1,3-4,7,11,16H,2,5-6,8H2,(H,14,17)/t11-/m0/s1. The van der Waals surface area contributed by atoms with Crippen molar-refractivity contribution >= 4 is 27.6 Å². The van der Waals surface area contributed by atoms with Gasteiger partial charge in [0.1, 0.15) is 0 Å². The van der Waals surface area contributed by atoms with Gasteiger partial charge in [-0.25, -0.2) is 4.79 Å². The number of hydrogen-bond donors (Lipinski definition) is 2. The van der Waals surface area contributed by atoms with E-state index < -0.39 is 0 Å². The van der Waals surface area contributed by atoms with Crippen LogP contribution in [0, 0.1) is 0 Å². The second-order valence-corrected chi connectivity index (χ2v) is 5.03. The zero-order valence-electron chi connectivity index (χ0n) is 9.40. The lowest BCUT2D eigenvalue weighted by molar-refractivity contribution is 0.166. The first-order valence-electron chi connectivity index (χ1n) is 5.65. The molecule has 4 nitrogen and oxygen atoms in total. The minimum atomic E-state index is -0.139. The van der Waals surface area contributed by atoms with Crippen LogP contribution in [0.2, 0.25) is 0 Å². The van der Waals surface area contributed by atoms with Crippen molar-refractivity contribution in [1.82, 2.24) is 4.90 Å². The molecule has 1 saturated heterocycles. The monoisotopic (exact) mass is 298 g/mol. The second kappa shape index (κ2) is 5.51. The van der Waals surface area contributed by atoms with Crippen LogP contribution in [-0.2, 0) is 0 Å². The highest BCUT2D eigenvalue weighted by atomic mass is 79.9. The molecule has 0 aromatic heterocycles. The Bertz CT molecular complexity index is 411. The summed E-state index contributed by atoms with van der Waals surface area (Å²) in [6, 6.07) is 7.28. The van der Waals surface area contributed by atoms with Crippen LogP contribution in [0.25, 0.3) is 0 Å². The molecule has 1 atom stereocenters. The Morgan fingerprint density at radius 3 is 3.12 bits per heavy atom. The largest absolute Gasteiger partial charge is 0.394 e. The third-order valence-electron chi connectivity index (χ3n) is 2.92. The summed E-state index contributed by atoms with van der Waals surface area (Å²) in [5.74, 6) is 0. The molecule has 0 aliphatic carbocycles. The van der Waals surface area contributed by atoms with E-state index in [1.807, 2.05) is 24.3 Å². The zero-order chi connectivity index (χ0) is 12.3. The molecule has 2 amide bonds. The highest BCUT2D eigenvalue weighted by Crippen LogP contribution is 2.20. The van der Waals surface area contributed by atoms with Crippen molar-refractivity contribution in [2.24, 2.45) is 0 Å². The number of hydrogen-bond acceptors (Lipinski definition) is 2. The van der Waals surface area contributed by atoms with Gasteiger partial charge in [0, 0.05) is 16.7 Å². The molecular weight excluding hydrogens is 284 g/mol. The number of aliphatic hydroxyl groups is 1. The second-order valence-electron chi connectivity index (χ2n) is 4.11. The van der Waals surface area contributed by atoms with E-state index in [9.17, 15) is 4.79 Å². The van der Waals surface area contributed by atoms with E-state index in [1.54, 1.807) is 4.90 Å². The Morgan fingerprint density at radius 1 is 1.59 bits per heavy atom.